The molecule has 0 bridgehead atoms. The molecule has 0 unspecified atom stereocenters. The van der Waals surface area contributed by atoms with E-state index in [1.54, 1.807) is 6.20 Å². The van der Waals surface area contributed by atoms with E-state index < -0.39 is 5.97 Å². The number of amides is 1. The normalized spacial score (nSPS) is 14.4. The summed E-state index contributed by atoms with van der Waals surface area (Å²) in [6.45, 7) is 10.0. The monoisotopic (exact) mass is 635 g/mol. The second kappa shape index (κ2) is 17.3. The lowest BCUT2D eigenvalue weighted by Crippen LogP contribution is -2.48. The number of nitrogens with one attached hydrogen (secondary N) is 2. The summed E-state index contributed by atoms with van der Waals surface area (Å²) in [6, 6.07) is 10.8. The Morgan fingerprint density at radius 2 is 1.70 bits per heavy atom. The van der Waals surface area contributed by atoms with E-state index >= 15 is 0 Å². The average molecular weight is 636 g/mol. The van der Waals surface area contributed by atoms with E-state index in [0.717, 1.165) is 75.6 Å². The van der Waals surface area contributed by atoms with Crippen LogP contribution in [0.1, 0.15) is 50.2 Å². The fourth-order valence-electron chi connectivity index (χ4n) is 5.43. The predicted molar refractivity (Wildman–Crippen MR) is 180 cm³/mol. The summed E-state index contributed by atoms with van der Waals surface area (Å²) >= 11 is 0. The molecule has 0 radical (unpaired) electrons. The molecular formula is C32H49N11O3. The molecule has 1 aliphatic rings. The van der Waals surface area contributed by atoms with E-state index in [2.05, 4.69) is 66.2 Å². The largest absolute Gasteiger partial charge is 0.481 e. The molecule has 250 valence electrons. The Kier molecular flexibility index (Phi) is 13.0. The van der Waals surface area contributed by atoms with Crippen molar-refractivity contribution in [2.45, 2.75) is 52.1 Å². The number of nitrogen functional groups attached to an aromatic ring is 1. The number of nitrogens with zero attached hydrogens (tertiary/aromatic N) is 6. The zero-order valence-electron chi connectivity index (χ0n) is 26.8. The van der Waals surface area contributed by atoms with Gasteiger partial charge in [-0.2, -0.15) is 4.98 Å². The minimum absolute atomic E-state index is 0.0802. The molecule has 2 aromatic heterocycles. The highest BCUT2D eigenvalue weighted by molar-refractivity contribution is 5.87. The standard InChI is InChI=1S/C32H49N11O3/c1-2-3-4-12-36-31-30-27(38-32(34)39-31)11-13-42(30)22-25-7-5-24(6-8-25)21-41-16-14-40(15-17-41)18-19-43(35)23-26(33)20-37-28(44)9-10-29(45)46/h5-8,11,13,23H,2-4,9-10,12,14-22,33,35H2,1H3,(H,37,44)(H,45,46)(H3,34,36,38,39)/b26-23-. The minimum Gasteiger partial charge on any atom is -0.481 e. The van der Waals surface area contributed by atoms with Crippen molar-refractivity contribution in [1.82, 2.24) is 34.7 Å². The van der Waals surface area contributed by atoms with Crippen LogP contribution in [-0.4, -0.2) is 98.7 Å². The number of unbranched alkanes of at least 4 members (excludes halogenated alkanes) is 2. The molecule has 0 saturated carbocycles. The Morgan fingerprint density at radius 1 is 1.00 bits per heavy atom. The van der Waals surface area contributed by atoms with Crippen LogP contribution < -0.4 is 27.9 Å². The number of hydrogen-bond acceptors (Lipinski definition) is 11. The van der Waals surface area contributed by atoms with Crippen molar-refractivity contribution in [1.29, 1.82) is 0 Å². The maximum Gasteiger partial charge on any atom is 0.303 e. The second-order valence-electron chi connectivity index (χ2n) is 11.8. The third kappa shape index (κ3) is 10.9. The van der Waals surface area contributed by atoms with Gasteiger partial charge in [-0.05, 0) is 23.6 Å². The zero-order chi connectivity index (χ0) is 32.9. The first-order valence-electron chi connectivity index (χ1n) is 16.0. The van der Waals surface area contributed by atoms with Crippen LogP contribution in [-0.2, 0) is 22.7 Å². The van der Waals surface area contributed by atoms with Crippen LogP contribution in [0.25, 0.3) is 11.0 Å². The van der Waals surface area contributed by atoms with Gasteiger partial charge in [0, 0.05) is 83.4 Å². The lowest BCUT2D eigenvalue weighted by atomic mass is 10.1. The summed E-state index contributed by atoms with van der Waals surface area (Å²) in [5, 5.41) is 16.3. The quantitative estimate of drug-likeness (QED) is 0.0674. The third-order valence-corrected chi connectivity index (χ3v) is 8.01. The van der Waals surface area contributed by atoms with E-state index in [4.69, 9.17) is 22.4 Å². The summed E-state index contributed by atoms with van der Waals surface area (Å²) in [7, 11) is 0. The molecule has 14 nitrogen and oxygen atoms in total. The number of carboxylic acids is 1. The highest BCUT2D eigenvalue weighted by Crippen LogP contribution is 2.24. The number of carbonyl (C=O) groups is 2. The third-order valence-electron chi connectivity index (χ3n) is 8.01. The van der Waals surface area contributed by atoms with Gasteiger partial charge in [0.2, 0.25) is 11.9 Å². The minimum atomic E-state index is -1.01. The smallest absolute Gasteiger partial charge is 0.303 e. The van der Waals surface area contributed by atoms with Gasteiger partial charge in [0.05, 0.1) is 18.5 Å². The first kappa shape index (κ1) is 34.5. The molecule has 4 rings (SSSR count). The van der Waals surface area contributed by atoms with Gasteiger partial charge in [-0.1, -0.05) is 44.0 Å². The van der Waals surface area contributed by atoms with Crippen molar-refractivity contribution in [3.63, 3.8) is 0 Å². The van der Waals surface area contributed by atoms with E-state index in [-0.39, 0.29) is 31.2 Å². The number of piperazine rings is 1. The van der Waals surface area contributed by atoms with Gasteiger partial charge in [0.15, 0.2) is 5.82 Å². The van der Waals surface area contributed by atoms with E-state index in [1.165, 1.54) is 29.0 Å². The van der Waals surface area contributed by atoms with Crippen molar-refractivity contribution in [3.8, 4) is 0 Å². The van der Waals surface area contributed by atoms with Crippen molar-refractivity contribution in [2.24, 2.45) is 11.6 Å². The van der Waals surface area contributed by atoms with Gasteiger partial charge < -0.3 is 36.8 Å². The van der Waals surface area contributed by atoms with Crippen LogP contribution in [0.5, 0.6) is 0 Å². The Morgan fingerprint density at radius 3 is 2.39 bits per heavy atom. The highest BCUT2D eigenvalue weighted by atomic mass is 16.4. The number of carboxylic acid groups (broad SMARTS) is 1. The summed E-state index contributed by atoms with van der Waals surface area (Å²) in [6.07, 6.45) is 6.78. The van der Waals surface area contributed by atoms with E-state index in [9.17, 15) is 9.59 Å². The van der Waals surface area contributed by atoms with Gasteiger partial charge in [-0.15, -0.1) is 0 Å². The fourth-order valence-corrected chi connectivity index (χ4v) is 5.43. The topological polar surface area (TPSA) is 197 Å². The van der Waals surface area contributed by atoms with Gasteiger partial charge in [0.25, 0.3) is 0 Å². The Hall–Kier alpha value is -4.40. The fraction of sp³-hybridized carbons (Fsp3) is 0.500. The number of hydrazine groups is 1. The molecule has 1 saturated heterocycles. The SMILES string of the molecule is CCCCCNc1nc(N)nc2ccn(Cc3ccc(CN4CCN(CCN(N)/C=C(\N)CNC(=O)CCC(=O)O)CC4)cc3)c12. The molecule has 3 heterocycles. The van der Waals surface area contributed by atoms with Crippen LogP contribution in [0.2, 0.25) is 0 Å². The molecule has 0 aliphatic carbocycles. The van der Waals surface area contributed by atoms with Gasteiger partial charge in [-0.25, -0.2) is 10.8 Å². The molecule has 1 aliphatic heterocycles. The molecule has 0 spiro atoms. The first-order chi connectivity index (χ1) is 22.2. The Labute approximate surface area is 270 Å². The number of anilines is 2. The number of fused-ring (bicyclic) bond motifs is 1. The van der Waals surface area contributed by atoms with Gasteiger partial charge in [0.1, 0.15) is 5.52 Å². The van der Waals surface area contributed by atoms with Crippen molar-refractivity contribution in [3.05, 3.63) is 59.6 Å². The maximum absolute atomic E-state index is 11.7. The lowest BCUT2D eigenvalue weighted by molar-refractivity contribution is -0.138. The molecule has 1 fully saturated rings. The van der Waals surface area contributed by atoms with Gasteiger partial charge >= 0.3 is 5.97 Å². The number of carbonyl (C=O) groups excluding carboxylic acids is 1. The number of nitrogens with two attached hydrogens (primary N) is 3. The number of benzene rings is 1. The molecule has 14 heteroatoms. The van der Waals surface area contributed by atoms with Crippen molar-refractivity contribution >= 4 is 34.7 Å². The summed E-state index contributed by atoms with van der Waals surface area (Å²) in [5.41, 5.74) is 16.7. The average Bonchev–Trinajstić information content (AvgIpc) is 3.43. The maximum atomic E-state index is 11.7. The predicted octanol–water partition coefficient (Wildman–Crippen LogP) is 1.74. The Bertz CT molecular complexity index is 1450. The van der Waals surface area contributed by atoms with Crippen LogP contribution in [0.3, 0.4) is 0 Å². The summed E-state index contributed by atoms with van der Waals surface area (Å²) in [5.74, 6) is 5.78. The van der Waals surface area contributed by atoms with Crippen molar-refractivity contribution < 1.29 is 14.7 Å². The summed E-state index contributed by atoms with van der Waals surface area (Å²) < 4.78 is 2.18. The number of aromatic nitrogens is 3. The molecule has 0 atom stereocenters. The molecule has 46 heavy (non-hydrogen) atoms. The zero-order valence-corrected chi connectivity index (χ0v) is 26.8. The van der Waals surface area contributed by atoms with Crippen molar-refractivity contribution in [2.75, 3.05) is 63.4 Å². The summed E-state index contributed by atoms with van der Waals surface area (Å²) in [4.78, 5) is 36.0. The molecular weight excluding hydrogens is 586 g/mol. The highest BCUT2D eigenvalue weighted by Gasteiger charge is 2.17. The van der Waals surface area contributed by atoms with Crippen LogP contribution in [0.4, 0.5) is 11.8 Å². The van der Waals surface area contributed by atoms with Gasteiger partial charge in [-0.3, -0.25) is 19.4 Å². The lowest BCUT2D eigenvalue weighted by Gasteiger charge is -2.35. The number of rotatable bonds is 18. The molecule has 3 aromatic rings. The van der Waals surface area contributed by atoms with E-state index in [0.29, 0.717) is 12.2 Å². The second-order valence-corrected chi connectivity index (χ2v) is 11.8. The van der Waals surface area contributed by atoms with Crippen LogP contribution >= 0.6 is 0 Å². The first-order valence-corrected chi connectivity index (χ1v) is 16.0. The molecule has 1 amide bonds. The number of hydrogen-bond donors (Lipinski definition) is 6. The molecule has 9 N–H and O–H groups in total. The van der Waals surface area contributed by atoms with Crippen LogP contribution in [0, 0.1) is 0 Å². The van der Waals surface area contributed by atoms with Crippen LogP contribution in [0.15, 0.2) is 48.4 Å². The Balaban J connectivity index is 1.19. The molecule has 1 aromatic carbocycles. The number of aliphatic carboxylic acids is 1. The van der Waals surface area contributed by atoms with E-state index in [1.807, 2.05) is 12.3 Å².